The van der Waals surface area contributed by atoms with Crippen LogP contribution in [0.4, 0.5) is 0 Å². The van der Waals surface area contributed by atoms with Gasteiger partial charge in [-0.1, -0.05) is 0 Å². The summed E-state index contributed by atoms with van der Waals surface area (Å²) in [6.07, 6.45) is 0. The topological polar surface area (TPSA) is 72.5 Å². The third-order valence-corrected chi connectivity index (χ3v) is 2.92. The lowest BCUT2D eigenvalue weighted by Crippen LogP contribution is -2.39. The van der Waals surface area contributed by atoms with Crippen molar-refractivity contribution in [1.29, 1.82) is 0 Å². The number of thioether (sulfide) groups is 1. The first kappa shape index (κ1) is 12.7. The summed E-state index contributed by atoms with van der Waals surface area (Å²) in [5.74, 6) is 0.415. The molecule has 3 N–H and O–H groups in total. The lowest BCUT2D eigenvalue weighted by atomic mass is 10.1. The zero-order chi connectivity index (χ0) is 10.5. The van der Waals surface area contributed by atoms with E-state index in [2.05, 4.69) is 4.74 Å². The standard InChI is InChI=1S/C8H17NO3S/c1-6(9)4-13-5-8(2,11)7(10)12-3/h6,11H,4-5,9H2,1-3H3. The van der Waals surface area contributed by atoms with Crippen LogP contribution in [0.5, 0.6) is 0 Å². The molecule has 0 saturated heterocycles. The fraction of sp³-hybridized carbons (Fsp3) is 0.875. The van der Waals surface area contributed by atoms with Gasteiger partial charge in [0.1, 0.15) is 0 Å². The third-order valence-electron chi connectivity index (χ3n) is 1.39. The van der Waals surface area contributed by atoms with Gasteiger partial charge in [0.2, 0.25) is 0 Å². The van der Waals surface area contributed by atoms with Crippen LogP contribution in [-0.2, 0) is 9.53 Å². The van der Waals surface area contributed by atoms with Gasteiger partial charge in [-0.15, -0.1) is 0 Å². The summed E-state index contributed by atoms with van der Waals surface area (Å²) in [5, 5.41) is 9.56. The summed E-state index contributed by atoms with van der Waals surface area (Å²) >= 11 is 1.44. The maximum absolute atomic E-state index is 11.0. The number of hydrogen-bond donors (Lipinski definition) is 2. The molecule has 0 aromatic carbocycles. The Kier molecular flexibility index (Phi) is 5.36. The summed E-state index contributed by atoms with van der Waals surface area (Å²) in [6, 6.07) is 0.0680. The number of carbonyl (C=O) groups is 1. The zero-order valence-corrected chi connectivity index (χ0v) is 9.06. The van der Waals surface area contributed by atoms with Gasteiger partial charge in [-0.25, -0.2) is 4.79 Å². The van der Waals surface area contributed by atoms with Gasteiger partial charge < -0.3 is 15.6 Å². The van der Waals surface area contributed by atoms with Gasteiger partial charge in [0.25, 0.3) is 0 Å². The first-order valence-corrected chi connectivity index (χ1v) is 5.19. The number of nitrogens with two attached hydrogens (primary N) is 1. The van der Waals surface area contributed by atoms with E-state index in [1.54, 1.807) is 0 Å². The van der Waals surface area contributed by atoms with Crippen LogP contribution in [0.3, 0.4) is 0 Å². The second-order valence-corrected chi connectivity index (χ2v) is 4.29. The predicted molar refractivity (Wildman–Crippen MR) is 53.6 cm³/mol. The molecular weight excluding hydrogens is 190 g/mol. The molecule has 0 heterocycles. The number of carbonyl (C=O) groups excluding carboxylic acids is 1. The lowest BCUT2D eigenvalue weighted by molar-refractivity contribution is -0.158. The zero-order valence-electron chi connectivity index (χ0n) is 8.24. The average molecular weight is 207 g/mol. The highest BCUT2D eigenvalue weighted by Gasteiger charge is 2.31. The summed E-state index contributed by atoms with van der Waals surface area (Å²) in [4.78, 5) is 11.0. The van der Waals surface area contributed by atoms with Crippen LogP contribution in [0.15, 0.2) is 0 Å². The van der Waals surface area contributed by atoms with Crippen LogP contribution < -0.4 is 5.73 Å². The second kappa shape index (κ2) is 5.47. The van der Waals surface area contributed by atoms with Crippen LogP contribution in [0, 0.1) is 0 Å². The monoisotopic (exact) mass is 207 g/mol. The van der Waals surface area contributed by atoms with Crippen molar-refractivity contribution in [1.82, 2.24) is 0 Å². The van der Waals surface area contributed by atoms with Crippen molar-refractivity contribution in [2.45, 2.75) is 25.5 Å². The van der Waals surface area contributed by atoms with Crippen LogP contribution in [0.2, 0.25) is 0 Å². The van der Waals surface area contributed by atoms with Gasteiger partial charge in [-0.05, 0) is 13.8 Å². The molecule has 0 bridgehead atoms. The molecule has 0 amide bonds. The van der Waals surface area contributed by atoms with E-state index in [9.17, 15) is 9.90 Å². The minimum absolute atomic E-state index is 0.0680. The number of esters is 1. The fourth-order valence-corrected chi connectivity index (χ4v) is 1.73. The molecule has 0 aromatic rings. The summed E-state index contributed by atoms with van der Waals surface area (Å²) in [6.45, 7) is 3.31. The number of ether oxygens (including phenoxy) is 1. The molecule has 0 radical (unpaired) electrons. The Balaban J connectivity index is 3.82. The van der Waals surface area contributed by atoms with Gasteiger partial charge in [0.05, 0.1) is 7.11 Å². The highest BCUT2D eigenvalue weighted by Crippen LogP contribution is 2.14. The molecule has 2 atom stereocenters. The van der Waals surface area contributed by atoms with Crippen molar-refractivity contribution in [2.24, 2.45) is 5.73 Å². The van der Waals surface area contributed by atoms with Gasteiger partial charge in [0, 0.05) is 17.5 Å². The number of hydrogen-bond acceptors (Lipinski definition) is 5. The molecule has 0 aliphatic carbocycles. The lowest BCUT2D eigenvalue weighted by Gasteiger charge is -2.19. The van der Waals surface area contributed by atoms with E-state index in [-0.39, 0.29) is 6.04 Å². The highest BCUT2D eigenvalue weighted by molar-refractivity contribution is 7.99. The number of methoxy groups -OCH3 is 1. The van der Waals surface area contributed by atoms with E-state index in [1.165, 1.54) is 25.8 Å². The van der Waals surface area contributed by atoms with Crippen LogP contribution >= 0.6 is 11.8 Å². The van der Waals surface area contributed by atoms with E-state index in [0.717, 1.165) is 0 Å². The maximum Gasteiger partial charge on any atom is 0.338 e. The molecule has 0 fully saturated rings. The van der Waals surface area contributed by atoms with Crippen molar-refractivity contribution in [3.63, 3.8) is 0 Å². The van der Waals surface area contributed by atoms with E-state index in [1.807, 2.05) is 6.92 Å². The maximum atomic E-state index is 11.0. The smallest absolute Gasteiger partial charge is 0.338 e. The van der Waals surface area contributed by atoms with Gasteiger partial charge in [-0.3, -0.25) is 0 Å². The molecule has 0 aromatic heterocycles. The van der Waals surface area contributed by atoms with E-state index < -0.39 is 11.6 Å². The predicted octanol–water partition coefficient (Wildman–Crippen LogP) is -0.00920. The summed E-state index contributed by atoms with van der Waals surface area (Å²) in [5.41, 5.74) is 4.10. The molecule has 78 valence electrons. The Morgan fingerprint density at radius 3 is 2.69 bits per heavy atom. The molecule has 4 nitrogen and oxygen atoms in total. The molecule has 2 unspecified atom stereocenters. The fourth-order valence-electron chi connectivity index (χ4n) is 0.722. The Bertz CT molecular complexity index is 171. The van der Waals surface area contributed by atoms with E-state index in [4.69, 9.17) is 5.73 Å². The summed E-state index contributed by atoms with van der Waals surface area (Å²) in [7, 11) is 1.26. The Morgan fingerprint density at radius 1 is 1.77 bits per heavy atom. The van der Waals surface area contributed by atoms with Crippen molar-refractivity contribution in [2.75, 3.05) is 18.6 Å². The highest BCUT2D eigenvalue weighted by atomic mass is 32.2. The Labute approximate surface area is 82.8 Å². The number of rotatable bonds is 5. The van der Waals surface area contributed by atoms with E-state index >= 15 is 0 Å². The second-order valence-electron chi connectivity index (χ2n) is 3.26. The summed E-state index contributed by atoms with van der Waals surface area (Å²) < 4.78 is 4.44. The van der Waals surface area contributed by atoms with Crippen molar-refractivity contribution in [3.8, 4) is 0 Å². The molecular formula is C8H17NO3S. The van der Waals surface area contributed by atoms with Gasteiger partial charge in [-0.2, -0.15) is 11.8 Å². The minimum atomic E-state index is -1.41. The molecule has 13 heavy (non-hydrogen) atoms. The molecule has 0 aliphatic rings. The molecule has 0 spiro atoms. The molecule has 5 heteroatoms. The SMILES string of the molecule is COC(=O)C(C)(O)CSCC(C)N. The Morgan fingerprint density at radius 2 is 2.31 bits per heavy atom. The average Bonchev–Trinajstić information content (AvgIpc) is 2.01. The molecule has 0 rings (SSSR count). The minimum Gasteiger partial charge on any atom is -0.467 e. The van der Waals surface area contributed by atoms with Crippen molar-refractivity contribution < 1.29 is 14.6 Å². The first-order valence-electron chi connectivity index (χ1n) is 4.04. The van der Waals surface area contributed by atoms with Crippen LogP contribution in [-0.4, -0.2) is 41.3 Å². The van der Waals surface area contributed by atoms with Gasteiger partial charge in [0.15, 0.2) is 5.60 Å². The number of aliphatic hydroxyl groups is 1. The van der Waals surface area contributed by atoms with E-state index in [0.29, 0.717) is 11.5 Å². The Hall–Kier alpha value is -0.260. The molecule has 0 saturated carbocycles. The third kappa shape index (κ3) is 5.13. The van der Waals surface area contributed by atoms with Gasteiger partial charge >= 0.3 is 5.97 Å². The first-order chi connectivity index (χ1) is 5.90. The largest absolute Gasteiger partial charge is 0.467 e. The van der Waals surface area contributed by atoms with Crippen LogP contribution in [0.25, 0.3) is 0 Å². The van der Waals surface area contributed by atoms with Crippen LogP contribution in [0.1, 0.15) is 13.8 Å². The van der Waals surface area contributed by atoms with Crippen molar-refractivity contribution >= 4 is 17.7 Å². The normalized spacial score (nSPS) is 17.6. The molecule has 0 aliphatic heterocycles. The quantitative estimate of drug-likeness (QED) is 0.620. The van der Waals surface area contributed by atoms with Crippen molar-refractivity contribution in [3.05, 3.63) is 0 Å².